The highest BCUT2D eigenvalue weighted by Crippen LogP contribution is 2.77. The monoisotopic (exact) mass is 300 g/mol. The zero-order valence-corrected chi connectivity index (χ0v) is 11.0. The topological polar surface area (TPSA) is 152 Å². The van der Waals surface area contributed by atoms with E-state index >= 15 is 0 Å². The van der Waals surface area contributed by atoms with Crippen LogP contribution in [-0.2, 0) is 33.0 Å². The van der Waals surface area contributed by atoms with E-state index in [1.54, 1.807) is 6.92 Å². The molecule has 10 nitrogen and oxygen atoms in total. The van der Waals surface area contributed by atoms with Crippen LogP contribution in [0.4, 0.5) is 0 Å². The molecule has 3 N–H and O–H groups in total. The third-order valence-electron chi connectivity index (χ3n) is 1.90. The van der Waals surface area contributed by atoms with Crippen molar-refractivity contribution in [2.75, 3.05) is 6.61 Å². The van der Waals surface area contributed by atoms with Gasteiger partial charge < -0.3 is 19.8 Å². The quantitative estimate of drug-likeness (QED) is 0.189. The Labute approximate surface area is 107 Å². The van der Waals surface area contributed by atoms with Crippen LogP contribution in [0, 0.1) is 0 Å². The fourth-order valence-electron chi connectivity index (χ4n) is 0.830. The molecular weight excluding hydrogens is 287 g/mol. The Morgan fingerprint density at radius 1 is 1.37 bits per heavy atom. The summed E-state index contributed by atoms with van der Waals surface area (Å²) in [6.07, 6.45) is 0.459. The van der Waals surface area contributed by atoms with Gasteiger partial charge in [0.2, 0.25) is 0 Å². The van der Waals surface area contributed by atoms with Gasteiger partial charge in [0.05, 0.1) is 6.61 Å². The van der Waals surface area contributed by atoms with Crippen molar-refractivity contribution < 1.29 is 48.3 Å². The van der Waals surface area contributed by atoms with Crippen LogP contribution in [0.1, 0.15) is 20.3 Å². The normalized spacial score (nSPS) is 29.7. The van der Waals surface area contributed by atoms with Gasteiger partial charge in [-0.3, -0.25) is 4.57 Å². The summed E-state index contributed by atoms with van der Waals surface area (Å²) in [6.45, 7) is 2.32. The molecule has 0 amide bonds. The van der Waals surface area contributed by atoms with E-state index < -0.39 is 30.8 Å². The lowest BCUT2D eigenvalue weighted by molar-refractivity contribution is -0.293. The third-order valence-corrected chi connectivity index (χ3v) is 3.77. The molecule has 0 bridgehead atoms. The van der Waals surface area contributed by atoms with Crippen molar-refractivity contribution in [3.8, 4) is 0 Å². The zero-order valence-electron chi connectivity index (χ0n) is 10.1. The molecule has 1 rings (SSSR count). The van der Waals surface area contributed by atoms with Gasteiger partial charge in [-0.2, -0.15) is 0 Å². The van der Waals surface area contributed by atoms with Crippen LogP contribution >= 0.6 is 7.60 Å². The average Bonchev–Trinajstić information content (AvgIpc) is 2.86. The second kappa shape index (κ2) is 5.16. The number of carbonyl (C=O) groups excluding carboxylic acids is 2. The van der Waals surface area contributed by atoms with Crippen LogP contribution < -0.4 is 0 Å². The smallest absolute Gasteiger partial charge is 0.357 e. The van der Waals surface area contributed by atoms with Gasteiger partial charge in [0, 0.05) is 6.92 Å². The molecule has 110 valence electrons. The number of hydrogen-bond acceptors (Lipinski definition) is 10. The number of aliphatic hydroxyl groups is 3. The van der Waals surface area contributed by atoms with E-state index in [-0.39, 0.29) is 6.61 Å². The van der Waals surface area contributed by atoms with E-state index in [2.05, 4.69) is 18.8 Å². The van der Waals surface area contributed by atoms with Gasteiger partial charge in [0.25, 0.3) is 5.79 Å². The lowest BCUT2D eigenvalue weighted by atomic mass is 10.3. The molecular formula is C8H13O10P. The van der Waals surface area contributed by atoms with Crippen LogP contribution in [0.5, 0.6) is 0 Å². The van der Waals surface area contributed by atoms with Gasteiger partial charge in [0.1, 0.15) is 0 Å². The Hall–Kier alpha value is -1.03. The first-order valence-electron chi connectivity index (χ1n) is 5.13. The Balaban J connectivity index is 2.52. The molecule has 1 fully saturated rings. The van der Waals surface area contributed by atoms with E-state index in [1.165, 1.54) is 0 Å². The molecule has 0 spiro atoms. The number of rotatable bonds is 5. The van der Waals surface area contributed by atoms with Crippen molar-refractivity contribution in [3.63, 3.8) is 0 Å². The van der Waals surface area contributed by atoms with Crippen LogP contribution in [0.2, 0.25) is 0 Å². The van der Waals surface area contributed by atoms with Crippen molar-refractivity contribution >= 4 is 19.5 Å². The molecule has 0 aromatic rings. The molecule has 0 aliphatic carbocycles. The predicted octanol–water partition coefficient (Wildman–Crippen LogP) is -1.02. The van der Waals surface area contributed by atoms with Crippen molar-refractivity contribution in [1.29, 1.82) is 0 Å². The minimum Gasteiger partial charge on any atom is -0.357 e. The molecule has 1 aliphatic rings. The zero-order chi connectivity index (χ0) is 14.9. The second-order valence-corrected chi connectivity index (χ2v) is 5.83. The van der Waals surface area contributed by atoms with Crippen LogP contribution in [0.15, 0.2) is 0 Å². The Morgan fingerprint density at radius 3 is 2.42 bits per heavy atom. The molecule has 2 unspecified atom stereocenters. The van der Waals surface area contributed by atoms with Crippen LogP contribution in [0.3, 0.4) is 0 Å². The summed E-state index contributed by atoms with van der Waals surface area (Å²) >= 11 is 0. The molecule has 11 heteroatoms. The van der Waals surface area contributed by atoms with Gasteiger partial charge in [-0.25, -0.2) is 23.9 Å². The van der Waals surface area contributed by atoms with Gasteiger partial charge in [-0.15, -0.1) is 0 Å². The summed E-state index contributed by atoms with van der Waals surface area (Å²) in [4.78, 5) is 29.6. The summed E-state index contributed by atoms with van der Waals surface area (Å²) in [6, 6.07) is 0. The van der Waals surface area contributed by atoms with E-state index in [1.807, 2.05) is 0 Å². The summed E-state index contributed by atoms with van der Waals surface area (Å²) in [5.41, 5.74) is -2.84. The predicted molar refractivity (Wildman–Crippen MR) is 54.9 cm³/mol. The third kappa shape index (κ3) is 3.30. The first kappa shape index (κ1) is 16.0. The fraction of sp³-hybridized carbons (Fsp3) is 0.750. The minimum atomic E-state index is -4.05. The second-order valence-electron chi connectivity index (χ2n) is 3.79. The molecule has 1 saturated heterocycles. The summed E-state index contributed by atoms with van der Waals surface area (Å²) in [7, 11) is -4.05. The summed E-state index contributed by atoms with van der Waals surface area (Å²) < 4.78 is 20.5. The highest BCUT2D eigenvalue weighted by molar-refractivity contribution is 7.62. The van der Waals surface area contributed by atoms with Gasteiger partial charge >= 0.3 is 25.1 Å². The number of carbonyl (C=O) groups is 2. The van der Waals surface area contributed by atoms with E-state index in [0.29, 0.717) is 13.3 Å². The molecule has 0 aromatic heterocycles. The van der Waals surface area contributed by atoms with E-state index in [9.17, 15) is 19.3 Å². The van der Waals surface area contributed by atoms with Crippen LogP contribution in [0.25, 0.3) is 0 Å². The molecule has 1 heterocycles. The van der Waals surface area contributed by atoms with Crippen molar-refractivity contribution in [2.24, 2.45) is 0 Å². The Morgan fingerprint density at radius 2 is 1.95 bits per heavy atom. The number of hydrogen-bond donors (Lipinski definition) is 3. The molecule has 2 atom stereocenters. The van der Waals surface area contributed by atoms with Crippen molar-refractivity contribution in [3.05, 3.63) is 0 Å². The molecule has 1 aliphatic heterocycles. The lowest BCUT2D eigenvalue weighted by Gasteiger charge is -2.12. The van der Waals surface area contributed by atoms with Crippen LogP contribution in [-0.4, -0.2) is 45.2 Å². The van der Waals surface area contributed by atoms with Gasteiger partial charge in [-0.1, -0.05) is 6.92 Å². The largest absolute Gasteiger partial charge is 0.428 e. The standard InChI is InChI=1S/C8H13O10P/c1-3-4-15-19(14)8(13,18-19)6(10)17-16-5(9)7(2,11)12/h11-13H,3-4H2,1-2H3. The average molecular weight is 300 g/mol. The fourth-order valence-corrected chi connectivity index (χ4v) is 2.31. The highest BCUT2D eigenvalue weighted by atomic mass is 31.2. The summed E-state index contributed by atoms with van der Waals surface area (Å²) in [5, 5.41) is 27.0. The van der Waals surface area contributed by atoms with E-state index in [4.69, 9.17) is 10.2 Å². The Kier molecular flexibility index (Phi) is 4.35. The highest BCUT2D eigenvalue weighted by Gasteiger charge is 2.78. The van der Waals surface area contributed by atoms with Crippen molar-refractivity contribution in [1.82, 2.24) is 0 Å². The van der Waals surface area contributed by atoms with Gasteiger partial charge in [0.15, 0.2) is 0 Å². The first-order chi connectivity index (χ1) is 8.57. The maximum atomic E-state index is 11.6. The minimum absolute atomic E-state index is 0.0298. The van der Waals surface area contributed by atoms with Gasteiger partial charge in [-0.05, 0) is 6.42 Å². The van der Waals surface area contributed by atoms with E-state index in [0.717, 1.165) is 0 Å². The molecule has 0 radical (unpaired) electrons. The summed E-state index contributed by atoms with van der Waals surface area (Å²) in [5.74, 6) is -6.31. The maximum absolute atomic E-state index is 11.6. The molecule has 19 heavy (non-hydrogen) atoms. The maximum Gasteiger partial charge on any atom is 0.428 e. The molecule has 0 aromatic carbocycles. The lowest BCUT2D eigenvalue weighted by Crippen LogP contribution is -2.38. The first-order valence-corrected chi connectivity index (χ1v) is 6.67. The SMILES string of the molecule is CCCOP1(=O)OC1(O)C(=O)OOC(=O)C(C)(O)O. The molecule has 0 saturated carbocycles. The Bertz CT molecular complexity index is 426. The van der Waals surface area contributed by atoms with Crippen molar-refractivity contribution in [2.45, 2.75) is 31.6 Å².